The van der Waals surface area contributed by atoms with E-state index in [1.165, 1.54) is 30.7 Å². The van der Waals surface area contributed by atoms with Gasteiger partial charge in [0.1, 0.15) is 17.3 Å². The van der Waals surface area contributed by atoms with Crippen molar-refractivity contribution in [1.82, 2.24) is 4.31 Å². The van der Waals surface area contributed by atoms with E-state index < -0.39 is 21.7 Å². The maximum atomic E-state index is 14.4. The molecule has 164 valence electrons. The normalized spacial score (nSPS) is 11.4. The number of carbonyl (C=O) groups excluding carboxylic acids is 1. The third-order valence-corrected chi connectivity index (χ3v) is 6.32. The molecule has 7 nitrogen and oxygen atoms in total. The Morgan fingerprint density at radius 3 is 2.27 bits per heavy atom. The summed E-state index contributed by atoms with van der Waals surface area (Å²) in [6, 6.07) is 7.99. The van der Waals surface area contributed by atoms with Gasteiger partial charge < -0.3 is 14.8 Å². The molecule has 0 bridgehead atoms. The van der Waals surface area contributed by atoms with E-state index in [1.54, 1.807) is 12.1 Å². The van der Waals surface area contributed by atoms with Crippen molar-refractivity contribution in [3.05, 3.63) is 47.8 Å². The van der Waals surface area contributed by atoms with Gasteiger partial charge in [0.2, 0.25) is 10.0 Å². The SMILES string of the molecule is CCCN(CCC)S(=O)(=O)c1ccc(F)c(C(=O)Nc2cc(OC)ccc2OC)c1. The number of anilines is 1. The lowest BCUT2D eigenvalue weighted by Gasteiger charge is -2.21. The molecule has 2 aromatic rings. The van der Waals surface area contributed by atoms with Gasteiger partial charge >= 0.3 is 0 Å². The van der Waals surface area contributed by atoms with Gasteiger partial charge in [-0.25, -0.2) is 12.8 Å². The van der Waals surface area contributed by atoms with Gasteiger partial charge in [-0.3, -0.25) is 4.79 Å². The maximum Gasteiger partial charge on any atom is 0.258 e. The van der Waals surface area contributed by atoms with Crippen molar-refractivity contribution < 1.29 is 27.1 Å². The Morgan fingerprint density at radius 1 is 1.03 bits per heavy atom. The molecule has 2 rings (SSSR count). The molecule has 0 fully saturated rings. The molecule has 2 aromatic carbocycles. The first-order valence-corrected chi connectivity index (χ1v) is 11.1. The summed E-state index contributed by atoms with van der Waals surface area (Å²) < 4.78 is 52.0. The number of halogens is 1. The Kier molecular flexibility index (Phi) is 8.19. The molecule has 1 amide bonds. The molecule has 1 N–H and O–H groups in total. The predicted octanol–water partition coefficient (Wildman–Crippen LogP) is 3.91. The second kappa shape index (κ2) is 10.4. The highest BCUT2D eigenvalue weighted by atomic mass is 32.2. The fourth-order valence-corrected chi connectivity index (χ4v) is 4.59. The molecule has 0 aliphatic carbocycles. The van der Waals surface area contributed by atoms with Gasteiger partial charge in [-0.15, -0.1) is 0 Å². The molecule has 0 aliphatic rings. The van der Waals surface area contributed by atoms with E-state index >= 15 is 0 Å². The molecule has 0 atom stereocenters. The second-order valence-electron chi connectivity index (χ2n) is 6.57. The number of methoxy groups -OCH3 is 2. The molecule has 30 heavy (non-hydrogen) atoms. The minimum atomic E-state index is -3.85. The van der Waals surface area contributed by atoms with Gasteiger partial charge in [0.15, 0.2) is 0 Å². The van der Waals surface area contributed by atoms with E-state index in [2.05, 4.69) is 5.32 Å². The van der Waals surface area contributed by atoms with Gasteiger partial charge in [0, 0.05) is 19.2 Å². The summed E-state index contributed by atoms with van der Waals surface area (Å²) in [4.78, 5) is 12.6. The van der Waals surface area contributed by atoms with Crippen LogP contribution in [0.15, 0.2) is 41.3 Å². The van der Waals surface area contributed by atoms with Crippen LogP contribution < -0.4 is 14.8 Å². The Balaban J connectivity index is 2.41. The van der Waals surface area contributed by atoms with Crippen LogP contribution in [-0.2, 0) is 10.0 Å². The van der Waals surface area contributed by atoms with Crippen molar-refractivity contribution >= 4 is 21.6 Å². The summed E-state index contributed by atoms with van der Waals surface area (Å²) in [6.07, 6.45) is 1.28. The molecule has 0 spiro atoms. The number of rotatable bonds is 10. The van der Waals surface area contributed by atoms with E-state index in [4.69, 9.17) is 9.47 Å². The average Bonchev–Trinajstić information content (AvgIpc) is 2.73. The van der Waals surface area contributed by atoms with E-state index in [0.29, 0.717) is 37.4 Å². The van der Waals surface area contributed by atoms with Crippen molar-refractivity contribution in [2.75, 3.05) is 32.6 Å². The zero-order valence-corrected chi connectivity index (χ0v) is 18.4. The fraction of sp³-hybridized carbons (Fsp3) is 0.381. The van der Waals surface area contributed by atoms with Crippen LogP contribution in [0, 0.1) is 5.82 Å². The molecular weight excluding hydrogens is 411 g/mol. The fourth-order valence-electron chi connectivity index (χ4n) is 2.94. The topological polar surface area (TPSA) is 84.9 Å². The van der Waals surface area contributed by atoms with Crippen molar-refractivity contribution in [3.8, 4) is 11.5 Å². The van der Waals surface area contributed by atoms with Crippen LogP contribution >= 0.6 is 0 Å². The van der Waals surface area contributed by atoms with E-state index in [9.17, 15) is 17.6 Å². The second-order valence-corrected chi connectivity index (χ2v) is 8.50. The summed E-state index contributed by atoms with van der Waals surface area (Å²) in [7, 11) is -0.949. The summed E-state index contributed by atoms with van der Waals surface area (Å²) in [6.45, 7) is 4.44. The number of amides is 1. The summed E-state index contributed by atoms with van der Waals surface area (Å²) in [5.74, 6) is -0.803. The molecule has 0 heterocycles. The Hall–Kier alpha value is -2.65. The van der Waals surface area contributed by atoms with Crippen LogP contribution in [0.3, 0.4) is 0 Å². The number of sulfonamides is 1. The third kappa shape index (κ3) is 5.28. The minimum Gasteiger partial charge on any atom is -0.497 e. The smallest absolute Gasteiger partial charge is 0.258 e. The highest BCUT2D eigenvalue weighted by Crippen LogP contribution is 2.30. The monoisotopic (exact) mass is 438 g/mol. The van der Waals surface area contributed by atoms with E-state index in [0.717, 1.165) is 12.1 Å². The zero-order valence-electron chi connectivity index (χ0n) is 17.6. The predicted molar refractivity (Wildman–Crippen MR) is 113 cm³/mol. The van der Waals surface area contributed by atoms with Crippen molar-refractivity contribution in [2.45, 2.75) is 31.6 Å². The van der Waals surface area contributed by atoms with Gasteiger partial charge in [-0.05, 0) is 43.2 Å². The molecule has 0 aromatic heterocycles. The number of hydrogen-bond donors (Lipinski definition) is 1. The summed E-state index contributed by atoms with van der Waals surface area (Å²) >= 11 is 0. The molecule has 0 aliphatic heterocycles. The van der Waals surface area contributed by atoms with Crippen LogP contribution in [-0.4, -0.2) is 45.9 Å². The minimum absolute atomic E-state index is 0.131. The van der Waals surface area contributed by atoms with Crippen LogP contribution in [0.2, 0.25) is 0 Å². The lowest BCUT2D eigenvalue weighted by atomic mass is 10.2. The van der Waals surface area contributed by atoms with Crippen LogP contribution in [0.5, 0.6) is 11.5 Å². The third-order valence-electron chi connectivity index (χ3n) is 4.42. The summed E-state index contributed by atoms with van der Waals surface area (Å²) in [5, 5.41) is 2.56. The standard InChI is InChI=1S/C21H27FN2O5S/c1-5-11-24(12-6-2)30(26,27)16-8-9-18(22)17(14-16)21(25)23-19-13-15(28-3)7-10-20(19)29-4/h7-10,13-14H,5-6,11-12H2,1-4H3,(H,23,25). The van der Waals surface area contributed by atoms with Crippen molar-refractivity contribution in [2.24, 2.45) is 0 Å². The highest BCUT2D eigenvalue weighted by molar-refractivity contribution is 7.89. The lowest BCUT2D eigenvalue weighted by Crippen LogP contribution is -2.32. The lowest BCUT2D eigenvalue weighted by molar-refractivity contribution is 0.102. The first-order valence-electron chi connectivity index (χ1n) is 9.61. The molecule has 0 unspecified atom stereocenters. The number of nitrogens with zero attached hydrogens (tertiary/aromatic N) is 1. The number of carbonyl (C=O) groups is 1. The van der Waals surface area contributed by atoms with Crippen LogP contribution in [0.25, 0.3) is 0 Å². The number of benzene rings is 2. The molecule has 0 radical (unpaired) electrons. The van der Waals surface area contributed by atoms with E-state index in [-0.39, 0.29) is 16.1 Å². The maximum absolute atomic E-state index is 14.4. The molecule has 9 heteroatoms. The number of hydrogen-bond acceptors (Lipinski definition) is 5. The quantitative estimate of drug-likeness (QED) is 0.608. The van der Waals surface area contributed by atoms with Gasteiger partial charge in [0.25, 0.3) is 5.91 Å². The summed E-state index contributed by atoms with van der Waals surface area (Å²) in [5.41, 5.74) is -0.109. The average molecular weight is 439 g/mol. The molecular formula is C21H27FN2O5S. The first kappa shape index (κ1) is 23.6. The van der Waals surface area contributed by atoms with Crippen molar-refractivity contribution in [3.63, 3.8) is 0 Å². The van der Waals surface area contributed by atoms with Gasteiger partial charge in [0.05, 0.1) is 30.4 Å². The van der Waals surface area contributed by atoms with Crippen molar-refractivity contribution in [1.29, 1.82) is 0 Å². The Bertz CT molecular complexity index is 989. The zero-order chi connectivity index (χ0) is 22.3. The largest absolute Gasteiger partial charge is 0.497 e. The highest BCUT2D eigenvalue weighted by Gasteiger charge is 2.25. The van der Waals surface area contributed by atoms with Gasteiger partial charge in [-0.1, -0.05) is 13.8 Å². The van der Waals surface area contributed by atoms with Gasteiger partial charge in [-0.2, -0.15) is 4.31 Å². The number of nitrogens with one attached hydrogen (secondary N) is 1. The first-order chi connectivity index (χ1) is 14.3. The molecule has 0 saturated heterocycles. The Labute approximate surface area is 176 Å². The Morgan fingerprint density at radius 2 is 1.70 bits per heavy atom. The van der Waals surface area contributed by atoms with Crippen LogP contribution in [0.4, 0.5) is 10.1 Å². The van der Waals surface area contributed by atoms with E-state index in [1.807, 2.05) is 13.8 Å². The molecule has 0 saturated carbocycles. The van der Waals surface area contributed by atoms with Crippen LogP contribution in [0.1, 0.15) is 37.0 Å². The number of ether oxygens (including phenoxy) is 2.